The number of hydrogen-bond donors (Lipinski definition) is 1. The third-order valence-corrected chi connectivity index (χ3v) is 1.13. The zero-order chi connectivity index (χ0) is 7.28. The van der Waals surface area contributed by atoms with Gasteiger partial charge in [-0.3, -0.25) is 4.79 Å². The smallest absolute Gasteiger partial charge is 0.136 e. The van der Waals surface area contributed by atoms with Gasteiger partial charge in [-0.15, -0.1) is 0 Å². The summed E-state index contributed by atoms with van der Waals surface area (Å²) in [5, 5.41) is 16.6. The highest BCUT2D eigenvalue weighted by molar-refractivity contribution is 5.78. The number of nitrogens with zero attached hydrogens (tertiary/aromatic N) is 1. The second kappa shape index (κ2) is 4.04. The van der Waals surface area contributed by atoms with Gasteiger partial charge in [-0.1, -0.05) is 0 Å². The van der Waals surface area contributed by atoms with Crippen molar-refractivity contribution in [1.29, 1.82) is 5.26 Å². The van der Waals surface area contributed by atoms with Crippen molar-refractivity contribution in [2.75, 3.05) is 6.61 Å². The van der Waals surface area contributed by atoms with Crippen LogP contribution in [-0.4, -0.2) is 17.5 Å². The number of carbonyl (C=O) groups excluding carboxylic acids is 1. The summed E-state index contributed by atoms with van der Waals surface area (Å²) >= 11 is 0. The van der Waals surface area contributed by atoms with E-state index in [1.165, 1.54) is 6.92 Å². The lowest BCUT2D eigenvalue weighted by molar-refractivity contribution is -0.121. The van der Waals surface area contributed by atoms with Crippen molar-refractivity contribution in [3.05, 3.63) is 0 Å². The summed E-state index contributed by atoms with van der Waals surface area (Å²) in [6, 6.07) is 1.82. The van der Waals surface area contributed by atoms with Gasteiger partial charge in [-0.05, 0) is 6.92 Å². The first-order chi connectivity index (χ1) is 4.22. The minimum Gasteiger partial charge on any atom is -0.396 e. The molecule has 3 nitrogen and oxygen atoms in total. The van der Waals surface area contributed by atoms with E-state index in [4.69, 9.17) is 10.4 Å². The van der Waals surface area contributed by atoms with Crippen molar-refractivity contribution >= 4 is 5.78 Å². The minimum absolute atomic E-state index is 0.117. The summed E-state index contributed by atoms with van der Waals surface area (Å²) in [7, 11) is 0. The number of Topliss-reactive ketones (excluding diaryl/α,β-unsaturated/α-hetero) is 1. The van der Waals surface area contributed by atoms with E-state index in [-0.39, 0.29) is 18.8 Å². The van der Waals surface area contributed by atoms with E-state index in [9.17, 15) is 4.79 Å². The second-order valence-electron chi connectivity index (χ2n) is 1.85. The van der Waals surface area contributed by atoms with Gasteiger partial charge in [0.05, 0.1) is 18.6 Å². The van der Waals surface area contributed by atoms with Crippen LogP contribution in [0.5, 0.6) is 0 Å². The molecule has 1 atom stereocenters. The van der Waals surface area contributed by atoms with Crippen molar-refractivity contribution in [3.8, 4) is 6.07 Å². The van der Waals surface area contributed by atoms with Crippen molar-refractivity contribution < 1.29 is 9.90 Å². The molecule has 1 N–H and O–H groups in total. The van der Waals surface area contributed by atoms with Gasteiger partial charge in [0.25, 0.3) is 0 Å². The standard InChI is InChI=1S/C6H9NO2/c1-5(9)6(4-8)2-3-7/h6,8H,2,4H2,1H3. The highest BCUT2D eigenvalue weighted by atomic mass is 16.3. The van der Waals surface area contributed by atoms with Crippen LogP contribution >= 0.6 is 0 Å². The molecular weight excluding hydrogens is 118 g/mol. The summed E-state index contributed by atoms with van der Waals surface area (Å²) in [6.07, 6.45) is 0.117. The van der Waals surface area contributed by atoms with Crippen LogP contribution in [-0.2, 0) is 4.79 Å². The lowest BCUT2D eigenvalue weighted by atomic mass is 10.0. The van der Waals surface area contributed by atoms with E-state index >= 15 is 0 Å². The summed E-state index contributed by atoms with van der Waals surface area (Å²) in [5.74, 6) is -0.603. The molecule has 0 amide bonds. The number of rotatable bonds is 3. The molecule has 0 aromatic rings. The highest BCUT2D eigenvalue weighted by Gasteiger charge is 2.10. The van der Waals surface area contributed by atoms with Crippen molar-refractivity contribution in [1.82, 2.24) is 0 Å². The Hall–Kier alpha value is -0.880. The summed E-state index contributed by atoms with van der Waals surface area (Å²) in [4.78, 5) is 10.5. The van der Waals surface area contributed by atoms with E-state index < -0.39 is 5.92 Å². The first-order valence-electron chi connectivity index (χ1n) is 2.70. The van der Waals surface area contributed by atoms with Crippen LogP contribution in [0.25, 0.3) is 0 Å². The Labute approximate surface area is 53.9 Å². The minimum atomic E-state index is -0.477. The first-order valence-corrected chi connectivity index (χ1v) is 2.70. The van der Waals surface area contributed by atoms with Gasteiger partial charge in [0.2, 0.25) is 0 Å². The number of carbonyl (C=O) groups is 1. The maximum atomic E-state index is 10.5. The summed E-state index contributed by atoms with van der Waals surface area (Å²) in [5.41, 5.74) is 0. The summed E-state index contributed by atoms with van der Waals surface area (Å²) in [6.45, 7) is 1.15. The Balaban J connectivity index is 3.71. The number of nitriles is 1. The molecule has 50 valence electrons. The highest BCUT2D eigenvalue weighted by Crippen LogP contribution is 2.00. The van der Waals surface area contributed by atoms with E-state index in [0.29, 0.717) is 0 Å². The molecule has 9 heavy (non-hydrogen) atoms. The number of hydrogen-bond acceptors (Lipinski definition) is 3. The largest absolute Gasteiger partial charge is 0.396 e. The quantitative estimate of drug-likeness (QED) is 0.584. The molecule has 0 spiro atoms. The zero-order valence-electron chi connectivity index (χ0n) is 5.29. The molecule has 0 fully saturated rings. The Kier molecular flexibility index (Phi) is 3.65. The molecule has 0 bridgehead atoms. The van der Waals surface area contributed by atoms with Gasteiger partial charge in [0.1, 0.15) is 5.78 Å². The predicted molar refractivity (Wildman–Crippen MR) is 31.5 cm³/mol. The maximum absolute atomic E-state index is 10.5. The molecule has 0 saturated heterocycles. The number of ketones is 1. The van der Waals surface area contributed by atoms with E-state index in [0.717, 1.165) is 0 Å². The third kappa shape index (κ3) is 2.83. The molecule has 1 unspecified atom stereocenters. The van der Waals surface area contributed by atoms with Crippen LogP contribution < -0.4 is 0 Å². The number of aliphatic hydroxyl groups is 1. The van der Waals surface area contributed by atoms with Crippen LogP contribution in [0.3, 0.4) is 0 Å². The normalized spacial score (nSPS) is 12.1. The lowest BCUT2D eigenvalue weighted by Crippen LogP contribution is -2.14. The van der Waals surface area contributed by atoms with E-state index in [2.05, 4.69) is 0 Å². The lowest BCUT2D eigenvalue weighted by Gasteiger charge is -2.02. The average molecular weight is 127 g/mol. The topological polar surface area (TPSA) is 61.1 Å². The Bertz CT molecular complexity index is 136. The molecule has 0 aliphatic rings. The predicted octanol–water partition coefficient (Wildman–Crippen LogP) is 0.0976. The van der Waals surface area contributed by atoms with Crippen molar-refractivity contribution in [2.45, 2.75) is 13.3 Å². The Morgan fingerprint density at radius 3 is 2.56 bits per heavy atom. The van der Waals surface area contributed by atoms with Crippen LogP contribution in [0, 0.1) is 17.2 Å². The molecule has 0 radical (unpaired) electrons. The molecule has 0 saturated carbocycles. The van der Waals surface area contributed by atoms with Crippen LogP contribution in [0.2, 0.25) is 0 Å². The fourth-order valence-corrected chi connectivity index (χ4v) is 0.447. The average Bonchev–Trinajstić information content (AvgIpc) is 1.82. The van der Waals surface area contributed by atoms with Crippen molar-refractivity contribution in [2.24, 2.45) is 5.92 Å². The molecular formula is C6H9NO2. The van der Waals surface area contributed by atoms with Gasteiger partial charge < -0.3 is 5.11 Å². The van der Waals surface area contributed by atoms with Gasteiger partial charge >= 0.3 is 0 Å². The molecule has 0 rings (SSSR count). The van der Waals surface area contributed by atoms with Gasteiger partial charge in [-0.2, -0.15) is 5.26 Å². The van der Waals surface area contributed by atoms with Crippen LogP contribution in [0.1, 0.15) is 13.3 Å². The van der Waals surface area contributed by atoms with Gasteiger partial charge in [-0.25, -0.2) is 0 Å². The fourth-order valence-electron chi connectivity index (χ4n) is 0.447. The zero-order valence-corrected chi connectivity index (χ0v) is 5.29. The molecule has 0 aromatic carbocycles. The molecule has 0 heterocycles. The SMILES string of the molecule is CC(=O)C(CO)CC#N. The fraction of sp³-hybridized carbons (Fsp3) is 0.667. The second-order valence-corrected chi connectivity index (χ2v) is 1.85. The summed E-state index contributed by atoms with van der Waals surface area (Å²) < 4.78 is 0. The van der Waals surface area contributed by atoms with Gasteiger partial charge in [0, 0.05) is 6.42 Å². The molecule has 0 aliphatic carbocycles. The molecule has 0 aromatic heterocycles. The van der Waals surface area contributed by atoms with E-state index in [1.54, 1.807) is 0 Å². The molecule has 0 aliphatic heterocycles. The van der Waals surface area contributed by atoms with Gasteiger partial charge in [0.15, 0.2) is 0 Å². The van der Waals surface area contributed by atoms with E-state index in [1.807, 2.05) is 6.07 Å². The van der Waals surface area contributed by atoms with Crippen LogP contribution in [0.15, 0.2) is 0 Å². The first kappa shape index (κ1) is 8.12. The third-order valence-electron chi connectivity index (χ3n) is 1.13. The maximum Gasteiger partial charge on any atom is 0.136 e. The van der Waals surface area contributed by atoms with Crippen molar-refractivity contribution in [3.63, 3.8) is 0 Å². The number of aliphatic hydroxyl groups excluding tert-OH is 1. The monoisotopic (exact) mass is 127 g/mol. The Morgan fingerprint density at radius 1 is 1.89 bits per heavy atom. The Morgan fingerprint density at radius 2 is 2.44 bits per heavy atom. The molecule has 3 heteroatoms. The van der Waals surface area contributed by atoms with Crippen LogP contribution in [0.4, 0.5) is 0 Å².